The molecular weight excluding hydrogens is 599 g/mol. The fourth-order valence-electron chi connectivity index (χ4n) is 5.24. The summed E-state index contributed by atoms with van der Waals surface area (Å²) in [5.74, 6) is -2.18. The summed E-state index contributed by atoms with van der Waals surface area (Å²) in [6, 6.07) is 15.7. The second-order valence-corrected chi connectivity index (χ2v) is 10.9. The van der Waals surface area contributed by atoms with Crippen molar-refractivity contribution in [2.45, 2.75) is 50.0 Å². The number of carbonyl (C=O) groups is 2. The van der Waals surface area contributed by atoms with Crippen LogP contribution in [-0.4, -0.2) is 62.7 Å². The number of aryl methyl sites for hydroxylation is 1. The number of nitrogens with two attached hydrogens (primary N) is 1. The van der Waals surface area contributed by atoms with Gasteiger partial charge in [0.2, 0.25) is 5.91 Å². The van der Waals surface area contributed by atoms with Crippen molar-refractivity contribution in [3.8, 4) is 0 Å². The van der Waals surface area contributed by atoms with Gasteiger partial charge in [-0.1, -0.05) is 36.4 Å². The van der Waals surface area contributed by atoms with Crippen molar-refractivity contribution >= 4 is 17.7 Å². The summed E-state index contributed by atoms with van der Waals surface area (Å²) >= 11 is 0. The van der Waals surface area contributed by atoms with Crippen molar-refractivity contribution < 1.29 is 41.0 Å². The van der Waals surface area contributed by atoms with Crippen molar-refractivity contribution in [3.63, 3.8) is 0 Å². The number of alkyl carbamates (subject to hydrolysis) is 1. The number of halogens is 5. The number of alkyl halides is 3. The average Bonchev–Trinajstić information content (AvgIpc) is 3.00. The number of benzene rings is 3. The molecule has 0 saturated carbocycles. The van der Waals surface area contributed by atoms with Crippen LogP contribution in [0.25, 0.3) is 0 Å². The maximum absolute atomic E-state index is 13.8. The minimum absolute atomic E-state index is 0.153. The largest absolute Gasteiger partial charge is 0.448 e. The molecule has 3 aromatic carbocycles. The van der Waals surface area contributed by atoms with Gasteiger partial charge in [-0.2, -0.15) is 13.2 Å². The Kier molecular flexibility index (Phi) is 11.3. The van der Waals surface area contributed by atoms with Crippen LogP contribution in [-0.2, 0) is 20.7 Å². The van der Waals surface area contributed by atoms with Crippen LogP contribution >= 0.6 is 0 Å². The smallest absolute Gasteiger partial charge is 0.407 e. The lowest BCUT2D eigenvalue weighted by molar-refractivity contribution is -0.124. The molecule has 0 spiro atoms. The van der Waals surface area contributed by atoms with E-state index in [4.69, 9.17) is 15.2 Å². The maximum atomic E-state index is 13.8. The first-order valence-electron chi connectivity index (χ1n) is 14.4. The summed E-state index contributed by atoms with van der Waals surface area (Å²) in [6.45, 7) is 0.927. The number of nitrogens with one attached hydrogen (secondary N) is 3. The van der Waals surface area contributed by atoms with E-state index in [1.54, 1.807) is 29.6 Å². The molecule has 3 atom stereocenters. The second kappa shape index (κ2) is 15.2. The Balaban J connectivity index is 1.42. The first-order valence-corrected chi connectivity index (χ1v) is 14.4. The number of ether oxygens (including phenoxy) is 2. The summed E-state index contributed by atoms with van der Waals surface area (Å²) < 4.78 is 75.1. The molecule has 242 valence electrons. The molecule has 2 amide bonds. The number of rotatable bonds is 12. The Morgan fingerprint density at radius 3 is 2.18 bits per heavy atom. The molecule has 0 unspecified atom stereocenters. The Hall–Kier alpha value is -4.23. The van der Waals surface area contributed by atoms with Crippen LogP contribution in [0, 0.1) is 18.6 Å². The first-order chi connectivity index (χ1) is 21.4. The molecule has 1 aliphatic rings. The van der Waals surface area contributed by atoms with Gasteiger partial charge in [0.15, 0.2) is 0 Å². The summed E-state index contributed by atoms with van der Waals surface area (Å²) in [4.78, 5) is 24.4. The Bertz CT molecular complexity index is 1380. The summed E-state index contributed by atoms with van der Waals surface area (Å²) in [7, 11) is 0. The van der Waals surface area contributed by atoms with Crippen LogP contribution in [0.4, 0.5) is 32.4 Å². The molecule has 8 nitrogen and oxygen atoms in total. The van der Waals surface area contributed by atoms with Gasteiger partial charge in [-0.3, -0.25) is 4.79 Å². The molecule has 0 radical (unpaired) electrons. The second-order valence-electron chi connectivity index (χ2n) is 10.9. The number of hydrogen-bond acceptors (Lipinski definition) is 6. The molecule has 0 aromatic heterocycles. The van der Waals surface area contributed by atoms with Gasteiger partial charge in [-0.05, 0) is 72.4 Å². The zero-order chi connectivity index (χ0) is 32.6. The average molecular weight is 635 g/mol. The van der Waals surface area contributed by atoms with E-state index in [-0.39, 0.29) is 25.4 Å². The lowest BCUT2D eigenvalue weighted by atomic mass is 9.84. The van der Waals surface area contributed by atoms with Crippen molar-refractivity contribution in [1.29, 1.82) is 0 Å². The Morgan fingerprint density at radius 1 is 1.02 bits per heavy atom. The van der Waals surface area contributed by atoms with Crippen molar-refractivity contribution in [1.82, 2.24) is 10.6 Å². The van der Waals surface area contributed by atoms with Gasteiger partial charge in [0, 0.05) is 18.2 Å². The fourth-order valence-corrected chi connectivity index (χ4v) is 5.24. The molecule has 1 heterocycles. The van der Waals surface area contributed by atoms with E-state index in [9.17, 15) is 31.5 Å². The molecule has 45 heavy (non-hydrogen) atoms. The molecule has 1 aliphatic heterocycles. The first kappa shape index (κ1) is 33.7. The molecule has 1 saturated heterocycles. The minimum atomic E-state index is -4.53. The summed E-state index contributed by atoms with van der Waals surface area (Å²) in [5, 5.41) is 8.15. The third-order valence-electron chi connectivity index (χ3n) is 7.55. The highest BCUT2D eigenvalue weighted by Gasteiger charge is 2.31. The van der Waals surface area contributed by atoms with Crippen LogP contribution in [0.5, 0.6) is 0 Å². The third kappa shape index (κ3) is 9.88. The Labute approximate surface area is 257 Å². The number of anilines is 1. The van der Waals surface area contributed by atoms with E-state index in [0.717, 1.165) is 11.1 Å². The monoisotopic (exact) mass is 634 g/mol. The SMILES string of the molecule is Cc1cccc(N[C@H](C(N)=O)C(c2ccc(F)cc2)c2ccc(F)cc2)c1CC[C@@H]1CN[C@H](COC(=O)NCC(F)(F)F)CO1. The van der Waals surface area contributed by atoms with Crippen molar-refractivity contribution in [3.05, 3.63) is 101 Å². The minimum Gasteiger partial charge on any atom is -0.448 e. The van der Waals surface area contributed by atoms with Crippen LogP contribution in [0.15, 0.2) is 66.7 Å². The molecule has 5 N–H and O–H groups in total. The Morgan fingerprint density at radius 2 is 1.64 bits per heavy atom. The van der Waals surface area contributed by atoms with E-state index in [0.29, 0.717) is 36.2 Å². The van der Waals surface area contributed by atoms with Gasteiger partial charge in [-0.25, -0.2) is 13.6 Å². The highest BCUT2D eigenvalue weighted by molar-refractivity contribution is 5.85. The van der Waals surface area contributed by atoms with Crippen molar-refractivity contribution in [2.24, 2.45) is 5.73 Å². The quantitative estimate of drug-likeness (QED) is 0.210. The molecule has 0 bridgehead atoms. The molecule has 0 aliphatic carbocycles. The van der Waals surface area contributed by atoms with E-state index in [1.165, 1.54) is 24.3 Å². The normalized spacial score (nSPS) is 17.5. The lowest BCUT2D eigenvalue weighted by Crippen LogP contribution is -2.49. The topological polar surface area (TPSA) is 115 Å². The summed E-state index contributed by atoms with van der Waals surface area (Å²) in [5.41, 5.74) is 9.72. The van der Waals surface area contributed by atoms with E-state index >= 15 is 0 Å². The highest BCUT2D eigenvalue weighted by Crippen LogP contribution is 2.32. The third-order valence-corrected chi connectivity index (χ3v) is 7.55. The van der Waals surface area contributed by atoms with Gasteiger partial charge >= 0.3 is 12.3 Å². The van der Waals surface area contributed by atoms with Crippen LogP contribution in [0.1, 0.15) is 34.6 Å². The number of carbonyl (C=O) groups excluding carboxylic acids is 2. The molecule has 3 aromatic rings. The van der Waals surface area contributed by atoms with Crippen LogP contribution in [0.3, 0.4) is 0 Å². The zero-order valence-electron chi connectivity index (χ0n) is 24.5. The van der Waals surface area contributed by atoms with Gasteiger partial charge in [-0.15, -0.1) is 0 Å². The highest BCUT2D eigenvalue weighted by atomic mass is 19.4. The van der Waals surface area contributed by atoms with Crippen LogP contribution in [0.2, 0.25) is 0 Å². The molecule has 4 rings (SSSR count). The molecular formula is C32H35F5N4O4. The standard InChI is InChI=1S/C32H35F5N4O4/c1-19-3-2-4-27(26(19)14-13-25-15-39-24(16-44-25)17-45-31(43)40-18-32(35,36)37)41-29(30(38)42)28(20-5-9-22(33)10-6-20)21-7-11-23(34)12-8-21/h2-12,24-25,28-29,39,41H,13-18H2,1H3,(H2,38,42)(H,40,43)/t24-,25+,29-/m0/s1. The van der Waals surface area contributed by atoms with E-state index in [2.05, 4.69) is 10.6 Å². The zero-order valence-corrected chi connectivity index (χ0v) is 24.5. The number of amides is 2. The van der Waals surface area contributed by atoms with E-state index < -0.39 is 48.3 Å². The van der Waals surface area contributed by atoms with Crippen molar-refractivity contribution in [2.75, 3.05) is 31.6 Å². The van der Waals surface area contributed by atoms with Crippen LogP contribution < -0.4 is 21.7 Å². The van der Waals surface area contributed by atoms with Gasteiger partial charge in [0.1, 0.15) is 30.8 Å². The summed E-state index contributed by atoms with van der Waals surface area (Å²) in [6.07, 6.45) is -4.74. The molecule has 1 fully saturated rings. The van der Waals surface area contributed by atoms with Gasteiger partial charge in [0.25, 0.3) is 0 Å². The fraction of sp³-hybridized carbons (Fsp3) is 0.375. The molecule has 13 heteroatoms. The predicted octanol–water partition coefficient (Wildman–Crippen LogP) is 4.95. The van der Waals surface area contributed by atoms with Gasteiger partial charge < -0.3 is 31.2 Å². The lowest BCUT2D eigenvalue weighted by Gasteiger charge is -2.31. The number of hydrogen-bond donors (Lipinski definition) is 4. The predicted molar refractivity (Wildman–Crippen MR) is 158 cm³/mol. The maximum Gasteiger partial charge on any atom is 0.407 e. The number of primary amides is 1. The number of morpholine rings is 1. The van der Waals surface area contributed by atoms with Gasteiger partial charge in [0.05, 0.1) is 18.8 Å². The van der Waals surface area contributed by atoms with E-state index in [1.807, 2.05) is 25.1 Å².